The third-order valence-electron chi connectivity index (χ3n) is 4.30. The number of hydrogen-bond acceptors (Lipinski definition) is 4. The van der Waals surface area contributed by atoms with Gasteiger partial charge >= 0.3 is 0 Å². The summed E-state index contributed by atoms with van der Waals surface area (Å²) in [7, 11) is 0. The summed E-state index contributed by atoms with van der Waals surface area (Å²) in [6.07, 6.45) is 2.53. The number of ether oxygens (including phenoxy) is 1. The van der Waals surface area contributed by atoms with Gasteiger partial charge in [0.05, 0.1) is 18.7 Å². The summed E-state index contributed by atoms with van der Waals surface area (Å²) in [6.45, 7) is 3.93. The van der Waals surface area contributed by atoms with Crippen LogP contribution in [0.1, 0.15) is 18.4 Å². The smallest absolute Gasteiger partial charge is 0.133 e. The highest BCUT2D eigenvalue weighted by Gasteiger charge is 2.22. The Kier molecular flexibility index (Phi) is 3.68. The fourth-order valence-corrected chi connectivity index (χ4v) is 2.89. The molecule has 1 aromatic heterocycles. The molecule has 0 bridgehead atoms. The van der Waals surface area contributed by atoms with E-state index in [1.165, 1.54) is 30.5 Å². The molecule has 22 heavy (non-hydrogen) atoms. The molecule has 4 nitrogen and oxygen atoms in total. The maximum absolute atomic E-state index is 13.5. The number of hydrogen-bond donors (Lipinski definition) is 1. The molecule has 1 saturated heterocycles. The third kappa shape index (κ3) is 2.91. The quantitative estimate of drug-likeness (QED) is 0.941. The Bertz CT molecular complexity index is 681. The number of rotatable bonds is 4. The number of pyridine rings is 1. The van der Waals surface area contributed by atoms with Gasteiger partial charge in [-0.05, 0) is 31.0 Å². The molecule has 2 aliphatic rings. The Labute approximate surface area is 129 Å². The van der Waals surface area contributed by atoms with Crippen molar-refractivity contribution in [3.8, 4) is 0 Å². The molecule has 0 unspecified atom stereocenters. The van der Waals surface area contributed by atoms with Crippen LogP contribution in [-0.2, 0) is 11.3 Å². The Morgan fingerprint density at radius 3 is 2.82 bits per heavy atom. The molecule has 5 heteroatoms. The summed E-state index contributed by atoms with van der Waals surface area (Å²) in [4.78, 5) is 7.00. The molecule has 1 N–H and O–H groups in total. The molecule has 116 valence electrons. The van der Waals surface area contributed by atoms with Gasteiger partial charge < -0.3 is 15.0 Å². The number of nitrogens with zero attached hydrogens (tertiary/aromatic N) is 2. The SMILES string of the molecule is Fc1ccc2cc(CNC3CC3)c(N3CCOCC3)nc2c1. The van der Waals surface area contributed by atoms with Crippen molar-refractivity contribution in [2.75, 3.05) is 31.2 Å². The molecule has 2 aromatic rings. The van der Waals surface area contributed by atoms with E-state index >= 15 is 0 Å². The second kappa shape index (κ2) is 5.82. The molecule has 2 fully saturated rings. The van der Waals surface area contributed by atoms with Crippen LogP contribution in [0.15, 0.2) is 24.3 Å². The van der Waals surface area contributed by atoms with Crippen molar-refractivity contribution in [2.24, 2.45) is 0 Å². The van der Waals surface area contributed by atoms with Gasteiger partial charge in [0.1, 0.15) is 11.6 Å². The number of halogens is 1. The van der Waals surface area contributed by atoms with Crippen LogP contribution in [0, 0.1) is 5.82 Å². The lowest BCUT2D eigenvalue weighted by atomic mass is 10.1. The average Bonchev–Trinajstić information content (AvgIpc) is 3.37. The van der Waals surface area contributed by atoms with Crippen LogP contribution in [0.25, 0.3) is 10.9 Å². The highest BCUT2D eigenvalue weighted by atomic mass is 19.1. The number of aromatic nitrogens is 1. The van der Waals surface area contributed by atoms with Gasteiger partial charge in [-0.25, -0.2) is 9.37 Å². The Morgan fingerprint density at radius 2 is 2.05 bits per heavy atom. The van der Waals surface area contributed by atoms with E-state index in [1.807, 2.05) is 0 Å². The minimum absolute atomic E-state index is 0.239. The number of morpholine rings is 1. The summed E-state index contributed by atoms with van der Waals surface area (Å²) in [5.74, 6) is 0.728. The summed E-state index contributed by atoms with van der Waals surface area (Å²) in [5.41, 5.74) is 1.91. The van der Waals surface area contributed by atoms with Gasteiger partial charge in [-0.2, -0.15) is 0 Å². The minimum Gasteiger partial charge on any atom is -0.378 e. The maximum atomic E-state index is 13.5. The van der Waals surface area contributed by atoms with Gasteiger partial charge in [-0.1, -0.05) is 0 Å². The third-order valence-corrected chi connectivity index (χ3v) is 4.30. The van der Waals surface area contributed by atoms with E-state index in [9.17, 15) is 4.39 Å². The standard InChI is InChI=1S/C17H20FN3O/c18-14-2-1-12-9-13(11-19-15-3-4-15)17(20-16(12)10-14)21-5-7-22-8-6-21/h1-2,9-10,15,19H,3-8,11H2. The first-order valence-corrected chi connectivity index (χ1v) is 7.95. The van der Waals surface area contributed by atoms with E-state index in [4.69, 9.17) is 9.72 Å². The first-order chi connectivity index (χ1) is 10.8. The summed E-state index contributed by atoms with van der Waals surface area (Å²) in [6, 6.07) is 7.61. The van der Waals surface area contributed by atoms with Crippen LogP contribution in [0.5, 0.6) is 0 Å². The molecule has 1 saturated carbocycles. The predicted molar refractivity (Wildman–Crippen MR) is 84.6 cm³/mol. The van der Waals surface area contributed by atoms with Crippen molar-refractivity contribution in [2.45, 2.75) is 25.4 Å². The largest absolute Gasteiger partial charge is 0.378 e. The molecule has 1 aliphatic carbocycles. The lowest BCUT2D eigenvalue weighted by molar-refractivity contribution is 0.122. The van der Waals surface area contributed by atoms with Crippen LogP contribution in [0.2, 0.25) is 0 Å². The lowest BCUT2D eigenvalue weighted by Gasteiger charge is -2.30. The summed E-state index contributed by atoms with van der Waals surface area (Å²) >= 11 is 0. The molecule has 0 atom stereocenters. The number of anilines is 1. The van der Waals surface area contributed by atoms with Crippen molar-refractivity contribution in [3.05, 3.63) is 35.6 Å². The number of benzene rings is 1. The highest BCUT2D eigenvalue weighted by molar-refractivity contribution is 5.82. The molecule has 4 rings (SSSR count). The van der Waals surface area contributed by atoms with E-state index in [0.29, 0.717) is 6.04 Å². The van der Waals surface area contributed by atoms with E-state index in [-0.39, 0.29) is 5.82 Å². The first kappa shape index (κ1) is 13.9. The normalized spacial score (nSPS) is 18.9. The van der Waals surface area contributed by atoms with Gasteiger partial charge in [0.25, 0.3) is 0 Å². The zero-order valence-electron chi connectivity index (χ0n) is 12.5. The summed E-state index contributed by atoms with van der Waals surface area (Å²) in [5, 5.41) is 4.55. The van der Waals surface area contributed by atoms with Gasteiger partial charge in [-0.3, -0.25) is 0 Å². The van der Waals surface area contributed by atoms with Crippen LogP contribution in [0.4, 0.5) is 10.2 Å². The molecule has 1 aliphatic heterocycles. The van der Waals surface area contributed by atoms with Gasteiger partial charge in [-0.15, -0.1) is 0 Å². The fraction of sp³-hybridized carbons (Fsp3) is 0.471. The zero-order chi connectivity index (χ0) is 14.9. The molecule has 0 amide bonds. The van der Waals surface area contributed by atoms with E-state index in [1.54, 1.807) is 6.07 Å². The second-order valence-corrected chi connectivity index (χ2v) is 6.06. The van der Waals surface area contributed by atoms with Crippen LogP contribution in [-0.4, -0.2) is 37.3 Å². The van der Waals surface area contributed by atoms with Crippen LogP contribution in [0.3, 0.4) is 0 Å². The Balaban J connectivity index is 1.72. The first-order valence-electron chi connectivity index (χ1n) is 7.95. The van der Waals surface area contributed by atoms with E-state index in [0.717, 1.165) is 49.6 Å². The van der Waals surface area contributed by atoms with Crippen molar-refractivity contribution < 1.29 is 9.13 Å². The molecule has 0 spiro atoms. The topological polar surface area (TPSA) is 37.4 Å². The predicted octanol–water partition coefficient (Wildman–Crippen LogP) is 2.46. The molecular weight excluding hydrogens is 281 g/mol. The van der Waals surface area contributed by atoms with Crippen molar-refractivity contribution in [1.82, 2.24) is 10.3 Å². The molecular formula is C17H20FN3O. The van der Waals surface area contributed by atoms with E-state index in [2.05, 4.69) is 16.3 Å². The molecule has 0 radical (unpaired) electrons. The minimum atomic E-state index is -0.239. The average molecular weight is 301 g/mol. The van der Waals surface area contributed by atoms with Crippen LogP contribution >= 0.6 is 0 Å². The van der Waals surface area contributed by atoms with E-state index < -0.39 is 0 Å². The Morgan fingerprint density at radius 1 is 1.23 bits per heavy atom. The molecule has 1 aromatic carbocycles. The monoisotopic (exact) mass is 301 g/mol. The molecule has 2 heterocycles. The highest BCUT2D eigenvalue weighted by Crippen LogP contribution is 2.26. The van der Waals surface area contributed by atoms with Crippen molar-refractivity contribution >= 4 is 16.7 Å². The lowest BCUT2D eigenvalue weighted by Crippen LogP contribution is -2.37. The van der Waals surface area contributed by atoms with Gasteiger partial charge in [0.15, 0.2) is 0 Å². The maximum Gasteiger partial charge on any atom is 0.133 e. The number of fused-ring (bicyclic) bond motifs is 1. The zero-order valence-corrected chi connectivity index (χ0v) is 12.5. The van der Waals surface area contributed by atoms with Gasteiger partial charge in [0.2, 0.25) is 0 Å². The Hall–Kier alpha value is -1.72. The second-order valence-electron chi connectivity index (χ2n) is 6.06. The summed E-state index contributed by atoms with van der Waals surface area (Å²) < 4.78 is 18.9. The van der Waals surface area contributed by atoms with Gasteiger partial charge in [0, 0.05) is 42.7 Å². The fourth-order valence-electron chi connectivity index (χ4n) is 2.89. The van der Waals surface area contributed by atoms with Crippen LogP contribution < -0.4 is 10.2 Å². The van der Waals surface area contributed by atoms with Crippen molar-refractivity contribution in [1.29, 1.82) is 0 Å². The van der Waals surface area contributed by atoms with Crippen molar-refractivity contribution in [3.63, 3.8) is 0 Å². The number of nitrogens with one attached hydrogen (secondary N) is 1.